The smallest absolute Gasteiger partial charge is 0.224 e. The van der Waals surface area contributed by atoms with Crippen molar-refractivity contribution >= 4 is 22.6 Å². The Labute approximate surface area is 113 Å². The lowest BCUT2D eigenvalue weighted by molar-refractivity contribution is 1.09. The first-order valence-electron chi connectivity index (χ1n) is 5.57. The number of aryl methyl sites for hydroxylation is 1. The molecule has 0 aliphatic rings. The molecule has 2 aromatic heterocycles. The maximum Gasteiger partial charge on any atom is 0.224 e. The first kappa shape index (κ1) is 11.6. The fourth-order valence-corrected chi connectivity index (χ4v) is 2.09. The van der Waals surface area contributed by atoms with Crippen LogP contribution >= 0.6 is 11.6 Å². The highest BCUT2D eigenvalue weighted by Gasteiger charge is 2.11. The molecule has 0 aliphatic heterocycles. The quantitative estimate of drug-likeness (QED) is 0.689. The highest BCUT2D eigenvalue weighted by molar-refractivity contribution is 6.28. The Kier molecular flexibility index (Phi) is 2.65. The van der Waals surface area contributed by atoms with Gasteiger partial charge in [0, 0.05) is 5.56 Å². The molecule has 3 rings (SSSR count). The summed E-state index contributed by atoms with van der Waals surface area (Å²) in [5.74, 6) is 0. The second-order valence-corrected chi connectivity index (χ2v) is 4.45. The Bertz CT molecular complexity index is 816. The molecule has 0 saturated heterocycles. The second kappa shape index (κ2) is 4.34. The minimum atomic E-state index is 0.144. The molecule has 1 N–H and O–H groups in total. The normalized spacial score (nSPS) is 10.6. The number of nitriles is 1. The molecule has 92 valence electrons. The third-order valence-corrected chi connectivity index (χ3v) is 3.08. The van der Waals surface area contributed by atoms with Gasteiger partial charge in [-0.15, -0.1) is 0 Å². The van der Waals surface area contributed by atoms with Gasteiger partial charge in [-0.1, -0.05) is 12.1 Å². The molecule has 0 radical (unpaired) electrons. The van der Waals surface area contributed by atoms with Gasteiger partial charge in [0.1, 0.15) is 0 Å². The van der Waals surface area contributed by atoms with Crippen LogP contribution in [0.4, 0.5) is 0 Å². The van der Waals surface area contributed by atoms with E-state index >= 15 is 0 Å². The Morgan fingerprint density at radius 2 is 2.16 bits per heavy atom. The van der Waals surface area contributed by atoms with Gasteiger partial charge in [0.15, 0.2) is 5.65 Å². The maximum absolute atomic E-state index is 9.09. The van der Waals surface area contributed by atoms with Gasteiger partial charge < -0.3 is 0 Å². The van der Waals surface area contributed by atoms with E-state index in [2.05, 4.69) is 26.2 Å². The Morgan fingerprint density at radius 3 is 2.95 bits per heavy atom. The molecule has 3 aromatic rings. The molecule has 19 heavy (non-hydrogen) atoms. The van der Waals surface area contributed by atoms with Crippen molar-refractivity contribution in [3.05, 3.63) is 40.8 Å². The summed E-state index contributed by atoms with van der Waals surface area (Å²) in [6.07, 6.45) is 1.65. The van der Waals surface area contributed by atoms with Crippen molar-refractivity contribution in [3.63, 3.8) is 0 Å². The average molecular weight is 270 g/mol. The second-order valence-electron chi connectivity index (χ2n) is 4.12. The Balaban J connectivity index is 2.30. The molecule has 0 fully saturated rings. The number of rotatable bonds is 1. The van der Waals surface area contributed by atoms with Crippen molar-refractivity contribution in [2.45, 2.75) is 6.92 Å². The summed E-state index contributed by atoms with van der Waals surface area (Å²) in [5, 5.41) is 16.7. The fourth-order valence-electron chi connectivity index (χ4n) is 1.92. The molecule has 1 aromatic carbocycles. The van der Waals surface area contributed by atoms with Crippen molar-refractivity contribution in [1.82, 2.24) is 20.2 Å². The molecular weight excluding hydrogens is 262 g/mol. The van der Waals surface area contributed by atoms with Crippen LogP contribution in [0.25, 0.3) is 22.3 Å². The molecule has 0 spiro atoms. The van der Waals surface area contributed by atoms with Crippen LogP contribution in [0.5, 0.6) is 0 Å². The molecule has 0 amide bonds. The van der Waals surface area contributed by atoms with E-state index in [4.69, 9.17) is 16.9 Å². The lowest BCUT2D eigenvalue weighted by Crippen LogP contribution is -1.91. The molecule has 0 unspecified atom stereocenters. The average Bonchev–Trinajstić information content (AvgIpc) is 2.86. The zero-order valence-electron chi connectivity index (χ0n) is 9.98. The molecule has 0 aliphatic carbocycles. The largest absolute Gasteiger partial charge is 0.261 e. The molecule has 0 atom stereocenters. The van der Waals surface area contributed by atoms with Gasteiger partial charge in [-0.3, -0.25) is 5.10 Å². The number of H-pyrrole nitrogens is 1. The van der Waals surface area contributed by atoms with Gasteiger partial charge in [-0.25, -0.2) is 4.98 Å². The topological polar surface area (TPSA) is 78.2 Å². The number of halogens is 1. The predicted molar refractivity (Wildman–Crippen MR) is 71.6 cm³/mol. The number of hydrogen-bond donors (Lipinski definition) is 1. The van der Waals surface area contributed by atoms with Crippen LogP contribution in [-0.4, -0.2) is 20.2 Å². The van der Waals surface area contributed by atoms with Crippen LogP contribution in [0.15, 0.2) is 24.4 Å². The number of nitrogens with one attached hydrogen (secondary N) is 1. The van der Waals surface area contributed by atoms with E-state index in [1.54, 1.807) is 12.3 Å². The standard InChI is InChI=1S/C13H8ClN5/c1-7-2-3-8(4-9(7)5-15)11-10-6-16-19-12(10)18-13(14)17-11/h2-4,6H,1H3,(H,16,17,18,19). The summed E-state index contributed by atoms with van der Waals surface area (Å²) in [4.78, 5) is 8.29. The number of benzene rings is 1. The molecule has 2 heterocycles. The summed E-state index contributed by atoms with van der Waals surface area (Å²) < 4.78 is 0. The Hall–Kier alpha value is -2.45. The van der Waals surface area contributed by atoms with Crippen LogP contribution < -0.4 is 0 Å². The minimum absolute atomic E-state index is 0.144. The van der Waals surface area contributed by atoms with Crippen LogP contribution in [-0.2, 0) is 0 Å². The first-order valence-corrected chi connectivity index (χ1v) is 5.94. The van der Waals surface area contributed by atoms with Gasteiger partial charge in [0.2, 0.25) is 5.28 Å². The first-order chi connectivity index (χ1) is 9.19. The van der Waals surface area contributed by atoms with E-state index in [-0.39, 0.29) is 5.28 Å². The molecule has 0 saturated carbocycles. The summed E-state index contributed by atoms with van der Waals surface area (Å²) in [7, 11) is 0. The summed E-state index contributed by atoms with van der Waals surface area (Å²) in [6.45, 7) is 1.89. The van der Waals surface area contributed by atoms with Gasteiger partial charge in [0.05, 0.1) is 28.9 Å². The van der Waals surface area contributed by atoms with Gasteiger partial charge in [-0.2, -0.15) is 15.3 Å². The molecule has 0 bridgehead atoms. The van der Waals surface area contributed by atoms with E-state index in [0.29, 0.717) is 16.9 Å². The summed E-state index contributed by atoms with van der Waals surface area (Å²) >= 11 is 5.90. The van der Waals surface area contributed by atoms with E-state index in [9.17, 15) is 0 Å². The minimum Gasteiger partial charge on any atom is -0.261 e. The van der Waals surface area contributed by atoms with E-state index in [0.717, 1.165) is 16.5 Å². The highest BCUT2D eigenvalue weighted by Crippen LogP contribution is 2.27. The van der Waals surface area contributed by atoms with Crippen molar-refractivity contribution in [2.24, 2.45) is 0 Å². The number of nitrogens with zero attached hydrogens (tertiary/aromatic N) is 4. The zero-order chi connectivity index (χ0) is 13.4. The zero-order valence-corrected chi connectivity index (χ0v) is 10.7. The molecule has 5 nitrogen and oxygen atoms in total. The van der Waals surface area contributed by atoms with Crippen LogP contribution in [0.1, 0.15) is 11.1 Å². The van der Waals surface area contributed by atoms with Gasteiger partial charge in [0.25, 0.3) is 0 Å². The van der Waals surface area contributed by atoms with E-state index < -0.39 is 0 Å². The van der Waals surface area contributed by atoms with Crippen molar-refractivity contribution in [1.29, 1.82) is 5.26 Å². The monoisotopic (exact) mass is 269 g/mol. The number of aromatic nitrogens is 4. The van der Waals surface area contributed by atoms with Crippen molar-refractivity contribution in [2.75, 3.05) is 0 Å². The van der Waals surface area contributed by atoms with Crippen LogP contribution in [0, 0.1) is 18.3 Å². The highest BCUT2D eigenvalue weighted by atomic mass is 35.5. The molecular formula is C13H8ClN5. The third-order valence-electron chi connectivity index (χ3n) is 2.91. The number of hydrogen-bond acceptors (Lipinski definition) is 4. The van der Waals surface area contributed by atoms with Crippen LogP contribution in [0.2, 0.25) is 5.28 Å². The summed E-state index contributed by atoms with van der Waals surface area (Å²) in [5.41, 5.74) is 3.60. The van der Waals surface area contributed by atoms with Gasteiger partial charge >= 0.3 is 0 Å². The third kappa shape index (κ3) is 1.92. The molecule has 6 heteroatoms. The van der Waals surface area contributed by atoms with Crippen LogP contribution in [0.3, 0.4) is 0 Å². The predicted octanol–water partition coefficient (Wildman–Crippen LogP) is 2.85. The summed E-state index contributed by atoms with van der Waals surface area (Å²) in [6, 6.07) is 7.74. The number of fused-ring (bicyclic) bond motifs is 1. The SMILES string of the molecule is Cc1ccc(-c2nc(Cl)nc3[nH]ncc23)cc1C#N. The maximum atomic E-state index is 9.09. The van der Waals surface area contributed by atoms with Crippen molar-refractivity contribution < 1.29 is 0 Å². The lowest BCUT2D eigenvalue weighted by atomic mass is 10.0. The Morgan fingerprint density at radius 1 is 1.32 bits per heavy atom. The van der Waals surface area contributed by atoms with E-state index in [1.807, 2.05) is 19.1 Å². The fraction of sp³-hybridized carbons (Fsp3) is 0.0769. The lowest BCUT2D eigenvalue weighted by Gasteiger charge is -2.05. The van der Waals surface area contributed by atoms with Crippen molar-refractivity contribution in [3.8, 4) is 17.3 Å². The van der Waals surface area contributed by atoms with Gasteiger partial charge in [-0.05, 0) is 30.2 Å². The number of aromatic amines is 1. The van der Waals surface area contributed by atoms with E-state index in [1.165, 1.54) is 0 Å².